The number of fused-ring (bicyclic) bond motifs is 3. The first-order valence-electron chi connectivity index (χ1n) is 8.26. The van der Waals surface area contributed by atoms with Crippen LogP contribution in [0, 0.1) is 0 Å². The summed E-state index contributed by atoms with van der Waals surface area (Å²) in [5.41, 5.74) is 0.648. The summed E-state index contributed by atoms with van der Waals surface area (Å²) < 4.78 is 12.4. The number of benzene rings is 1. The van der Waals surface area contributed by atoms with Gasteiger partial charge in [0, 0.05) is 18.7 Å². The smallest absolute Gasteiger partial charge is 0.341 e. The Bertz CT molecular complexity index is 872. The number of aromatic nitrogens is 1. The zero-order valence-corrected chi connectivity index (χ0v) is 14.8. The van der Waals surface area contributed by atoms with Crippen LogP contribution in [-0.2, 0) is 14.3 Å². The summed E-state index contributed by atoms with van der Waals surface area (Å²) in [7, 11) is 0. The first kappa shape index (κ1) is 17.2. The number of nitrogens with zero attached hydrogens (tertiary/aromatic N) is 1. The molecule has 132 valence electrons. The van der Waals surface area contributed by atoms with Crippen LogP contribution < -0.4 is 0 Å². The van der Waals surface area contributed by atoms with Crippen molar-refractivity contribution < 1.29 is 23.9 Å². The molecule has 0 saturated heterocycles. The van der Waals surface area contributed by atoms with E-state index < -0.39 is 23.6 Å². The standard InChI is InChI=1S/C19H21NO5/c1-11(21)24-14-9-10-15(22)20-13-8-6-5-7-12(13)16(17(14)20)18(23)25-19(2,3)4/h5-8,14H,9-10H2,1-4H3. The number of carbonyl (C=O) groups excluding carboxylic acids is 3. The van der Waals surface area contributed by atoms with Crippen molar-refractivity contribution in [2.75, 3.05) is 0 Å². The third-order valence-corrected chi connectivity index (χ3v) is 4.00. The van der Waals surface area contributed by atoms with E-state index in [0.29, 0.717) is 28.6 Å². The van der Waals surface area contributed by atoms with E-state index in [1.807, 2.05) is 0 Å². The molecule has 2 heterocycles. The summed E-state index contributed by atoms with van der Waals surface area (Å²) in [4.78, 5) is 36.9. The first-order valence-corrected chi connectivity index (χ1v) is 8.26. The van der Waals surface area contributed by atoms with Crippen LogP contribution in [0.5, 0.6) is 0 Å². The van der Waals surface area contributed by atoms with Crippen LogP contribution in [0.2, 0.25) is 0 Å². The third kappa shape index (κ3) is 3.16. The van der Waals surface area contributed by atoms with Gasteiger partial charge in [0.1, 0.15) is 11.7 Å². The molecule has 0 aliphatic carbocycles. The molecular formula is C19H21NO5. The largest absolute Gasteiger partial charge is 0.456 e. The number of para-hydroxylation sites is 1. The van der Waals surface area contributed by atoms with Crippen LogP contribution in [0.3, 0.4) is 0 Å². The van der Waals surface area contributed by atoms with Gasteiger partial charge in [-0.05, 0) is 33.3 Å². The van der Waals surface area contributed by atoms with Gasteiger partial charge < -0.3 is 9.47 Å². The van der Waals surface area contributed by atoms with E-state index in [0.717, 1.165) is 0 Å². The monoisotopic (exact) mass is 343 g/mol. The van der Waals surface area contributed by atoms with E-state index in [1.54, 1.807) is 45.0 Å². The maximum atomic E-state index is 12.9. The lowest BCUT2D eigenvalue weighted by molar-refractivity contribution is -0.147. The van der Waals surface area contributed by atoms with Crippen molar-refractivity contribution in [3.8, 4) is 0 Å². The molecule has 1 aromatic heterocycles. The van der Waals surface area contributed by atoms with Crippen LogP contribution >= 0.6 is 0 Å². The average Bonchev–Trinajstić information content (AvgIpc) is 2.84. The summed E-state index contributed by atoms with van der Waals surface area (Å²) >= 11 is 0. The van der Waals surface area contributed by atoms with Crippen LogP contribution in [0.4, 0.5) is 0 Å². The molecule has 0 spiro atoms. The molecule has 0 fully saturated rings. The SMILES string of the molecule is CC(=O)OC1CCC(=O)n2c1c(C(=O)OC(C)(C)C)c1ccccc12. The number of ether oxygens (including phenoxy) is 2. The minimum absolute atomic E-state index is 0.121. The second kappa shape index (κ2) is 6.02. The van der Waals surface area contributed by atoms with Crippen LogP contribution in [-0.4, -0.2) is 28.0 Å². The number of hydrogen-bond acceptors (Lipinski definition) is 5. The summed E-state index contributed by atoms with van der Waals surface area (Å²) in [6.07, 6.45) is -0.0489. The molecule has 1 aliphatic heterocycles. The highest BCUT2D eigenvalue weighted by molar-refractivity contribution is 6.09. The third-order valence-electron chi connectivity index (χ3n) is 4.00. The molecule has 0 saturated carbocycles. The van der Waals surface area contributed by atoms with Crippen molar-refractivity contribution in [2.24, 2.45) is 0 Å². The molecule has 0 N–H and O–H groups in total. The Hall–Kier alpha value is -2.63. The fourth-order valence-corrected chi connectivity index (χ4v) is 3.20. The van der Waals surface area contributed by atoms with Crippen molar-refractivity contribution in [3.63, 3.8) is 0 Å². The molecule has 0 amide bonds. The zero-order valence-electron chi connectivity index (χ0n) is 14.8. The van der Waals surface area contributed by atoms with Gasteiger partial charge in [-0.1, -0.05) is 18.2 Å². The molecular weight excluding hydrogens is 322 g/mol. The molecule has 2 aromatic rings. The normalized spacial score (nSPS) is 17.3. The highest BCUT2D eigenvalue weighted by Gasteiger charge is 2.37. The van der Waals surface area contributed by atoms with Gasteiger partial charge in [0.2, 0.25) is 5.91 Å². The molecule has 0 bridgehead atoms. The topological polar surface area (TPSA) is 74.6 Å². The molecule has 1 aliphatic rings. The molecule has 0 radical (unpaired) electrons. The lowest BCUT2D eigenvalue weighted by Gasteiger charge is -2.25. The fourth-order valence-electron chi connectivity index (χ4n) is 3.20. The van der Waals surface area contributed by atoms with Crippen molar-refractivity contribution >= 4 is 28.7 Å². The van der Waals surface area contributed by atoms with Gasteiger partial charge in [-0.15, -0.1) is 0 Å². The van der Waals surface area contributed by atoms with Gasteiger partial charge in [-0.2, -0.15) is 0 Å². The summed E-state index contributed by atoms with van der Waals surface area (Å²) in [6.45, 7) is 6.66. The van der Waals surface area contributed by atoms with E-state index in [-0.39, 0.29) is 12.3 Å². The first-order chi connectivity index (χ1) is 11.7. The van der Waals surface area contributed by atoms with E-state index in [2.05, 4.69) is 0 Å². The van der Waals surface area contributed by atoms with Gasteiger partial charge in [-0.3, -0.25) is 14.2 Å². The number of esters is 2. The number of hydrogen-bond donors (Lipinski definition) is 0. The fraction of sp³-hybridized carbons (Fsp3) is 0.421. The molecule has 25 heavy (non-hydrogen) atoms. The molecule has 3 rings (SSSR count). The highest BCUT2D eigenvalue weighted by atomic mass is 16.6. The quantitative estimate of drug-likeness (QED) is 0.778. The lowest BCUT2D eigenvalue weighted by atomic mass is 10.0. The van der Waals surface area contributed by atoms with Crippen molar-refractivity contribution in [1.82, 2.24) is 4.57 Å². The maximum absolute atomic E-state index is 12.9. The van der Waals surface area contributed by atoms with E-state index in [9.17, 15) is 14.4 Å². The maximum Gasteiger partial charge on any atom is 0.341 e. The average molecular weight is 343 g/mol. The predicted molar refractivity (Wildman–Crippen MR) is 91.5 cm³/mol. The number of carbonyl (C=O) groups is 3. The van der Waals surface area contributed by atoms with E-state index in [1.165, 1.54) is 11.5 Å². The summed E-state index contributed by atoms with van der Waals surface area (Å²) in [5, 5.41) is 0.624. The molecule has 6 nitrogen and oxygen atoms in total. The molecule has 1 unspecified atom stereocenters. The van der Waals surface area contributed by atoms with Gasteiger partial charge in [0.15, 0.2) is 0 Å². The molecule has 6 heteroatoms. The van der Waals surface area contributed by atoms with Crippen LogP contribution in [0.25, 0.3) is 10.9 Å². The van der Waals surface area contributed by atoms with Gasteiger partial charge in [0.05, 0.1) is 16.8 Å². The lowest BCUT2D eigenvalue weighted by Crippen LogP contribution is -2.29. The Balaban J connectivity index is 2.26. The molecule has 1 aromatic carbocycles. The second-order valence-corrected chi connectivity index (χ2v) is 7.15. The van der Waals surface area contributed by atoms with Crippen molar-refractivity contribution in [2.45, 2.75) is 52.2 Å². The van der Waals surface area contributed by atoms with Gasteiger partial charge >= 0.3 is 11.9 Å². The Kier molecular flexibility index (Phi) is 4.14. The van der Waals surface area contributed by atoms with Crippen molar-refractivity contribution in [3.05, 3.63) is 35.5 Å². The Labute approximate surface area is 145 Å². The zero-order chi connectivity index (χ0) is 18.4. The second-order valence-electron chi connectivity index (χ2n) is 7.15. The van der Waals surface area contributed by atoms with Gasteiger partial charge in [0.25, 0.3) is 0 Å². The minimum atomic E-state index is -0.678. The Morgan fingerprint density at radius 3 is 2.52 bits per heavy atom. The Morgan fingerprint density at radius 1 is 1.20 bits per heavy atom. The predicted octanol–water partition coefficient (Wildman–Crippen LogP) is 3.63. The van der Waals surface area contributed by atoms with Crippen LogP contribution in [0.15, 0.2) is 24.3 Å². The van der Waals surface area contributed by atoms with Crippen molar-refractivity contribution in [1.29, 1.82) is 0 Å². The molecule has 1 atom stereocenters. The van der Waals surface area contributed by atoms with Gasteiger partial charge in [-0.25, -0.2) is 4.79 Å². The highest BCUT2D eigenvalue weighted by Crippen LogP contribution is 2.38. The minimum Gasteiger partial charge on any atom is -0.456 e. The Morgan fingerprint density at radius 2 is 1.88 bits per heavy atom. The van der Waals surface area contributed by atoms with E-state index >= 15 is 0 Å². The van der Waals surface area contributed by atoms with E-state index in [4.69, 9.17) is 9.47 Å². The summed E-state index contributed by atoms with van der Waals surface area (Å²) in [5.74, 6) is -1.10. The van der Waals surface area contributed by atoms with Crippen LogP contribution in [0.1, 0.15) is 67.5 Å². The number of rotatable bonds is 2. The summed E-state index contributed by atoms with van der Waals surface area (Å²) in [6, 6.07) is 7.16.